The van der Waals surface area contributed by atoms with Crippen LogP contribution in [0.3, 0.4) is 0 Å². The maximum absolute atomic E-state index is 14.9. The summed E-state index contributed by atoms with van der Waals surface area (Å²) in [7, 11) is 1.54. The Labute approximate surface area is 203 Å². The van der Waals surface area contributed by atoms with Gasteiger partial charge >= 0.3 is 6.61 Å². The lowest BCUT2D eigenvalue weighted by atomic mass is 10.0. The molecule has 5 rings (SSSR count). The van der Waals surface area contributed by atoms with E-state index in [1.807, 2.05) is 10.7 Å². The molecule has 190 valence electrons. The second-order valence-corrected chi connectivity index (χ2v) is 10.0. The number of nitrogens with zero attached hydrogens (tertiary/aromatic N) is 4. The highest BCUT2D eigenvalue weighted by Gasteiger charge is 2.54. The topological polar surface area (TPSA) is 78.4 Å². The van der Waals surface area contributed by atoms with Crippen LogP contribution >= 0.6 is 0 Å². The minimum atomic E-state index is -2.99. The van der Waals surface area contributed by atoms with Gasteiger partial charge in [-0.25, -0.2) is 9.37 Å². The maximum Gasteiger partial charge on any atom is 0.387 e. The average Bonchev–Trinajstić information content (AvgIpc) is 3.23. The van der Waals surface area contributed by atoms with Crippen molar-refractivity contribution in [2.75, 3.05) is 32.5 Å². The van der Waals surface area contributed by atoms with Crippen molar-refractivity contribution in [3.8, 4) is 17.0 Å². The normalized spacial score (nSPS) is 28.9. The van der Waals surface area contributed by atoms with Gasteiger partial charge in [-0.1, -0.05) is 18.6 Å². The number of hydrogen-bond donors (Lipinski definition) is 1. The first-order valence-electron chi connectivity index (χ1n) is 12.2. The van der Waals surface area contributed by atoms with Gasteiger partial charge in [0.05, 0.1) is 12.3 Å². The van der Waals surface area contributed by atoms with Gasteiger partial charge in [-0.2, -0.15) is 13.9 Å². The summed E-state index contributed by atoms with van der Waals surface area (Å²) < 4.78 is 52.0. The highest BCUT2D eigenvalue weighted by molar-refractivity contribution is 5.65. The summed E-state index contributed by atoms with van der Waals surface area (Å²) in [6.07, 6.45) is 6.21. The Morgan fingerprint density at radius 3 is 2.77 bits per heavy atom. The third-order valence-electron chi connectivity index (χ3n) is 7.65. The molecule has 1 saturated heterocycles. The number of nitrogens with two attached hydrogens (primary N) is 1. The SMILES string of the molecule is CCC(C)n1nc(-c2cnc(N)c(OC(F)F)c2)cc1C1C2=CC(N3CCC(F)(COC)C3)CC21. The fourth-order valence-electron chi connectivity index (χ4n) is 5.64. The lowest BCUT2D eigenvalue weighted by Gasteiger charge is -2.25. The molecule has 5 unspecified atom stereocenters. The first-order valence-corrected chi connectivity index (χ1v) is 12.2. The van der Waals surface area contributed by atoms with Gasteiger partial charge in [0.2, 0.25) is 0 Å². The lowest BCUT2D eigenvalue weighted by molar-refractivity contribution is -0.0494. The molecule has 0 spiro atoms. The Morgan fingerprint density at radius 2 is 2.11 bits per heavy atom. The minimum absolute atomic E-state index is 0.0896. The molecule has 2 aromatic heterocycles. The van der Waals surface area contributed by atoms with Crippen molar-refractivity contribution < 1.29 is 22.6 Å². The number of halogens is 3. The van der Waals surface area contributed by atoms with E-state index in [0.29, 0.717) is 30.1 Å². The van der Waals surface area contributed by atoms with Gasteiger partial charge in [0.15, 0.2) is 11.6 Å². The minimum Gasteiger partial charge on any atom is -0.431 e. The summed E-state index contributed by atoms with van der Waals surface area (Å²) in [6, 6.07) is 3.91. The predicted octanol–water partition coefficient (Wildman–Crippen LogP) is 4.57. The van der Waals surface area contributed by atoms with Crippen molar-refractivity contribution >= 4 is 5.82 Å². The van der Waals surface area contributed by atoms with E-state index in [0.717, 1.165) is 25.1 Å². The summed E-state index contributed by atoms with van der Waals surface area (Å²) >= 11 is 0. The number of likely N-dealkylation sites (tertiary alicyclic amines) is 1. The summed E-state index contributed by atoms with van der Waals surface area (Å²) in [5.74, 6) is 0.450. The van der Waals surface area contributed by atoms with Crippen LogP contribution in [0.4, 0.5) is 19.0 Å². The molecule has 0 bridgehead atoms. The summed E-state index contributed by atoms with van der Waals surface area (Å²) in [5, 5.41) is 4.82. The molecular weight excluding hydrogens is 459 g/mol. The molecule has 7 nitrogen and oxygen atoms in total. The molecule has 0 amide bonds. The molecule has 10 heteroatoms. The van der Waals surface area contributed by atoms with Gasteiger partial charge in [-0.3, -0.25) is 9.58 Å². The number of allylic oxidation sites excluding steroid dienone is 1. The number of pyridine rings is 1. The van der Waals surface area contributed by atoms with E-state index < -0.39 is 12.3 Å². The highest BCUT2D eigenvalue weighted by atomic mass is 19.3. The molecule has 2 aromatic rings. The van der Waals surface area contributed by atoms with E-state index >= 15 is 0 Å². The molecule has 5 atom stereocenters. The van der Waals surface area contributed by atoms with Gasteiger partial charge < -0.3 is 15.2 Å². The van der Waals surface area contributed by atoms with Crippen LogP contribution in [0.25, 0.3) is 11.3 Å². The molecule has 2 fully saturated rings. The molecular formula is C25H32F3N5O2. The fraction of sp³-hybridized carbons (Fsp3) is 0.600. The zero-order valence-electron chi connectivity index (χ0n) is 20.3. The van der Waals surface area contributed by atoms with Crippen molar-refractivity contribution in [2.24, 2.45) is 5.92 Å². The third-order valence-corrected chi connectivity index (χ3v) is 7.65. The van der Waals surface area contributed by atoms with Gasteiger partial charge in [-0.05, 0) is 44.2 Å². The van der Waals surface area contributed by atoms with Crippen LogP contribution in [-0.4, -0.2) is 64.8 Å². The summed E-state index contributed by atoms with van der Waals surface area (Å²) in [6.45, 7) is 2.53. The van der Waals surface area contributed by atoms with Crippen LogP contribution in [0.2, 0.25) is 0 Å². The number of alkyl halides is 3. The molecule has 3 heterocycles. The van der Waals surface area contributed by atoms with Crippen LogP contribution in [0.15, 0.2) is 30.0 Å². The third kappa shape index (κ3) is 4.53. The number of nitrogen functional groups attached to an aromatic ring is 1. The monoisotopic (exact) mass is 491 g/mol. The average molecular weight is 492 g/mol. The Morgan fingerprint density at radius 1 is 1.31 bits per heavy atom. The van der Waals surface area contributed by atoms with Crippen LogP contribution in [-0.2, 0) is 4.74 Å². The number of aromatic nitrogens is 3. The fourth-order valence-corrected chi connectivity index (χ4v) is 5.64. The first-order chi connectivity index (χ1) is 16.7. The van der Waals surface area contributed by atoms with Crippen LogP contribution in [0, 0.1) is 5.92 Å². The number of anilines is 1. The van der Waals surface area contributed by atoms with Gasteiger partial charge in [0, 0.05) is 55.7 Å². The Balaban J connectivity index is 1.38. The van der Waals surface area contributed by atoms with Crippen molar-refractivity contribution in [3.63, 3.8) is 0 Å². The summed E-state index contributed by atoms with van der Waals surface area (Å²) in [5.41, 5.74) is 8.15. The number of ether oxygens (including phenoxy) is 2. The molecule has 3 aliphatic rings. The van der Waals surface area contributed by atoms with Crippen molar-refractivity contribution in [3.05, 3.63) is 35.7 Å². The second kappa shape index (κ2) is 9.13. The van der Waals surface area contributed by atoms with Gasteiger partial charge in [0.1, 0.15) is 5.67 Å². The zero-order valence-corrected chi connectivity index (χ0v) is 20.3. The van der Waals surface area contributed by atoms with Gasteiger partial charge in [0.25, 0.3) is 0 Å². The quantitative estimate of drug-likeness (QED) is 0.518. The summed E-state index contributed by atoms with van der Waals surface area (Å²) in [4.78, 5) is 6.26. The predicted molar refractivity (Wildman–Crippen MR) is 126 cm³/mol. The number of hydrogen-bond acceptors (Lipinski definition) is 6. The second-order valence-electron chi connectivity index (χ2n) is 10.0. The first kappa shape index (κ1) is 24.1. The smallest absolute Gasteiger partial charge is 0.387 e. The van der Waals surface area contributed by atoms with Crippen LogP contribution < -0.4 is 10.5 Å². The van der Waals surface area contributed by atoms with Crippen molar-refractivity contribution in [1.82, 2.24) is 19.7 Å². The highest BCUT2D eigenvalue weighted by Crippen LogP contribution is 2.61. The molecule has 1 aliphatic heterocycles. The molecule has 0 radical (unpaired) electrons. The van der Waals surface area contributed by atoms with Gasteiger partial charge in [-0.15, -0.1) is 0 Å². The van der Waals surface area contributed by atoms with E-state index in [-0.39, 0.29) is 36.2 Å². The Bertz CT molecular complexity index is 1120. The van der Waals surface area contributed by atoms with Crippen LogP contribution in [0.5, 0.6) is 5.75 Å². The van der Waals surface area contributed by atoms with Crippen LogP contribution in [0.1, 0.15) is 50.8 Å². The van der Waals surface area contributed by atoms with Crippen molar-refractivity contribution in [1.29, 1.82) is 0 Å². The Hall–Kier alpha value is -2.59. The molecule has 0 aromatic carbocycles. The number of rotatable bonds is 9. The van der Waals surface area contributed by atoms with E-state index in [4.69, 9.17) is 15.6 Å². The van der Waals surface area contributed by atoms with E-state index in [1.54, 1.807) is 7.11 Å². The number of methoxy groups -OCH3 is 1. The lowest BCUT2D eigenvalue weighted by Crippen LogP contribution is -2.37. The van der Waals surface area contributed by atoms with E-state index in [2.05, 4.69) is 34.5 Å². The van der Waals surface area contributed by atoms with Crippen molar-refractivity contribution in [2.45, 2.75) is 63.4 Å². The van der Waals surface area contributed by atoms with E-state index in [9.17, 15) is 13.2 Å². The molecule has 2 aliphatic carbocycles. The molecule has 35 heavy (non-hydrogen) atoms. The zero-order chi connectivity index (χ0) is 24.9. The van der Waals surface area contributed by atoms with E-state index in [1.165, 1.54) is 17.8 Å². The molecule has 1 saturated carbocycles. The number of fused-ring (bicyclic) bond motifs is 1. The standard InChI is InChI=1S/C25H32F3N5O2/c1-4-14(2)33-20(10-19(31-33)15-7-21(35-24(26)27)23(29)30-11-15)22-17-8-16(9-18(17)22)32-6-5-25(28,12-32)13-34-3/h7-8,10-11,14,16,18,22,24H,4-6,9,12-13H2,1-3H3,(H2,29,30). The molecule has 2 N–H and O–H groups in total. The maximum atomic E-state index is 14.9. The largest absolute Gasteiger partial charge is 0.431 e. The Kier molecular flexibility index (Phi) is 6.29.